The number of carbonyl (C=O) groups excluding carboxylic acids is 1. The summed E-state index contributed by atoms with van der Waals surface area (Å²) in [4.78, 5) is 20.8. The van der Waals surface area contributed by atoms with Gasteiger partial charge in [0.1, 0.15) is 5.82 Å². The zero-order valence-corrected chi connectivity index (χ0v) is 12.9. The number of anilines is 1. The molecule has 1 amide bonds. The van der Waals surface area contributed by atoms with Crippen LogP contribution in [-0.4, -0.2) is 20.4 Å². The lowest BCUT2D eigenvalue weighted by Gasteiger charge is -2.06. The predicted octanol–water partition coefficient (Wildman–Crippen LogP) is 3.34. The van der Waals surface area contributed by atoms with Gasteiger partial charge in [0.25, 0.3) is 5.91 Å². The smallest absolute Gasteiger partial charge is 0.257 e. The highest BCUT2D eigenvalue weighted by Crippen LogP contribution is 2.23. The van der Waals surface area contributed by atoms with E-state index in [0.717, 1.165) is 22.5 Å². The lowest BCUT2D eigenvalue weighted by atomic mass is 10.2. The summed E-state index contributed by atoms with van der Waals surface area (Å²) in [5, 5.41) is 2.88. The van der Waals surface area contributed by atoms with Crippen LogP contribution < -0.4 is 5.32 Å². The molecule has 0 aliphatic rings. The van der Waals surface area contributed by atoms with Crippen molar-refractivity contribution in [2.45, 2.75) is 19.8 Å². The van der Waals surface area contributed by atoms with Crippen LogP contribution in [0.3, 0.4) is 0 Å². The van der Waals surface area contributed by atoms with Crippen molar-refractivity contribution in [2.24, 2.45) is 7.05 Å². The van der Waals surface area contributed by atoms with Crippen LogP contribution in [0.1, 0.15) is 35.9 Å². The molecule has 0 unspecified atom stereocenters. The Morgan fingerprint density at radius 1 is 1.27 bits per heavy atom. The van der Waals surface area contributed by atoms with Crippen LogP contribution in [-0.2, 0) is 7.05 Å². The van der Waals surface area contributed by atoms with Gasteiger partial charge in [0.05, 0.1) is 16.6 Å². The summed E-state index contributed by atoms with van der Waals surface area (Å²) in [5.41, 5.74) is 3.21. The van der Waals surface area contributed by atoms with Crippen molar-refractivity contribution < 1.29 is 4.79 Å². The fourth-order valence-corrected chi connectivity index (χ4v) is 2.51. The third-order valence-electron chi connectivity index (χ3n) is 3.61. The summed E-state index contributed by atoms with van der Waals surface area (Å²) in [6.07, 6.45) is 3.19. The van der Waals surface area contributed by atoms with E-state index in [1.165, 1.54) is 0 Å². The van der Waals surface area contributed by atoms with E-state index in [2.05, 4.69) is 33.7 Å². The maximum absolute atomic E-state index is 12.2. The highest BCUT2D eigenvalue weighted by atomic mass is 16.1. The first-order valence-electron chi connectivity index (χ1n) is 7.24. The highest BCUT2D eigenvalue weighted by molar-refractivity contribution is 6.04. The number of benzene rings is 1. The van der Waals surface area contributed by atoms with Crippen LogP contribution in [0.4, 0.5) is 5.69 Å². The zero-order chi connectivity index (χ0) is 15.7. The molecule has 22 heavy (non-hydrogen) atoms. The maximum atomic E-state index is 12.2. The minimum Gasteiger partial charge on any atom is -0.331 e. The number of aromatic nitrogens is 3. The van der Waals surface area contributed by atoms with Crippen molar-refractivity contribution in [1.29, 1.82) is 0 Å². The van der Waals surface area contributed by atoms with E-state index in [1.54, 1.807) is 24.5 Å². The molecule has 0 radical (unpaired) electrons. The molecular formula is C17H18N4O. The van der Waals surface area contributed by atoms with Gasteiger partial charge in [0, 0.05) is 31.0 Å². The SMILES string of the molecule is CC(C)c1nc2cc(NC(=O)c3cccnc3)ccc2n1C. The van der Waals surface area contributed by atoms with Gasteiger partial charge in [-0.2, -0.15) is 0 Å². The van der Waals surface area contributed by atoms with Gasteiger partial charge in [-0.1, -0.05) is 13.8 Å². The molecule has 2 heterocycles. The molecule has 2 aromatic heterocycles. The van der Waals surface area contributed by atoms with Crippen LogP contribution in [0.2, 0.25) is 0 Å². The van der Waals surface area contributed by atoms with E-state index >= 15 is 0 Å². The first-order chi connectivity index (χ1) is 10.6. The van der Waals surface area contributed by atoms with Gasteiger partial charge in [0.15, 0.2) is 0 Å². The molecule has 1 aromatic carbocycles. The third-order valence-corrected chi connectivity index (χ3v) is 3.61. The second-order valence-corrected chi connectivity index (χ2v) is 5.58. The monoisotopic (exact) mass is 294 g/mol. The molecule has 0 saturated heterocycles. The second-order valence-electron chi connectivity index (χ2n) is 5.58. The molecular weight excluding hydrogens is 276 g/mol. The minimum absolute atomic E-state index is 0.174. The average Bonchev–Trinajstić information content (AvgIpc) is 2.85. The molecule has 5 nitrogen and oxygen atoms in total. The van der Waals surface area contributed by atoms with E-state index in [-0.39, 0.29) is 5.91 Å². The van der Waals surface area contributed by atoms with Gasteiger partial charge in [-0.25, -0.2) is 4.98 Å². The van der Waals surface area contributed by atoms with Gasteiger partial charge < -0.3 is 9.88 Å². The first kappa shape index (κ1) is 14.3. The van der Waals surface area contributed by atoms with E-state index in [1.807, 2.05) is 25.2 Å². The Balaban J connectivity index is 1.91. The Kier molecular flexibility index (Phi) is 3.63. The number of hydrogen-bond acceptors (Lipinski definition) is 3. The lowest BCUT2D eigenvalue weighted by molar-refractivity contribution is 0.102. The van der Waals surface area contributed by atoms with Gasteiger partial charge in [0.2, 0.25) is 0 Å². The molecule has 0 atom stereocenters. The number of rotatable bonds is 3. The quantitative estimate of drug-likeness (QED) is 0.806. The van der Waals surface area contributed by atoms with Crippen LogP contribution in [0.15, 0.2) is 42.7 Å². The van der Waals surface area contributed by atoms with E-state index in [9.17, 15) is 4.79 Å². The molecule has 0 saturated carbocycles. The van der Waals surface area contributed by atoms with Crippen molar-refractivity contribution in [3.8, 4) is 0 Å². The lowest BCUT2D eigenvalue weighted by Crippen LogP contribution is -2.11. The van der Waals surface area contributed by atoms with Gasteiger partial charge >= 0.3 is 0 Å². The predicted molar refractivity (Wildman–Crippen MR) is 87.0 cm³/mol. The zero-order valence-electron chi connectivity index (χ0n) is 12.9. The molecule has 0 bridgehead atoms. The molecule has 3 rings (SSSR count). The number of amides is 1. The molecule has 3 aromatic rings. The van der Waals surface area contributed by atoms with Crippen molar-refractivity contribution in [3.05, 3.63) is 54.1 Å². The summed E-state index contributed by atoms with van der Waals surface area (Å²) in [6, 6.07) is 9.25. The van der Waals surface area contributed by atoms with Crippen LogP contribution >= 0.6 is 0 Å². The summed E-state index contributed by atoms with van der Waals surface area (Å²) >= 11 is 0. The van der Waals surface area contributed by atoms with Gasteiger partial charge in [-0.3, -0.25) is 9.78 Å². The molecule has 0 aliphatic carbocycles. The normalized spacial score (nSPS) is 11.1. The number of hydrogen-bond donors (Lipinski definition) is 1. The highest BCUT2D eigenvalue weighted by Gasteiger charge is 2.12. The standard InChI is InChI=1S/C17H18N4O/c1-11(2)16-20-14-9-13(6-7-15(14)21(16)3)19-17(22)12-5-4-8-18-10-12/h4-11H,1-3H3,(H,19,22). The summed E-state index contributed by atoms with van der Waals surface area (Å²) in [7, 11) is 2.01. The Labute approximate surface area is 129 Å². The second kappa shape index (κ2) is 5.60. The number of nitrogens with one attached hydrogen (secondary N) is 1. The fourth-order valence-electron chi connectivity index (χ4n) is 2.51. The van der Waals surface area contributed by atoms with Crippen LogP contribution in [0.25, 0.3) is 11.0 Å². The Hall–Kier alpha value is -2.69. The summed E-state index contributed by atoms with van der Waals surface area (Å²) < 4.78 is 2.09. The number of carbonyl (C=O) groups is 1. The molecule has 112 valence electrons. The van der Waals surface area contributed by atoms with E-state index in [0.29, 0.717) is 11.5 Å². The van der Waals surface area contributed by atoms with Crippen molar-refractivity contribution in [1.82, 2.24) is 14.5 Å². The number of nitrogens with zero attached hydrogens (tertiary/aromatic N) is 3. The van der Waals surface area contributed by atoms with Gasteiger partial charge in [-0.15, -0.1) is 0 Å². The Bertz CT molecular complexity index is 821. The van der Waals surface area contributed by atoms with Crippen molar-refractivity contribution in [2.75, 3.05) is 5.32 Å². The number of pyridine rings is 1. The van der Waals surface area contributed by atoms with E-state index in [4.69, 9.17) is 0 Å². The van der Waals surface area contributed by atoms with Crippen LogP contribution in [0, 0.1) is 0 Å². The topological polar surface area (TPSA) is 59.8 Å². The molecule has 0 aliphatic heterocycles. The average molecular weight is 294 g/mol. The molecule has 0 fully saturated rings. The Morgan fingerprint density at radius 2 is 2.09 bits per heavy atom. The van der Waals surface area contributed by atoms with E-state index < -0.39 is 0 Å². The number of fused-ring (bicyclic) bond motifs is 1. The first-order valence-corrected chi connectivity index (χ1v) is 7.24. The maximum Gasteiger partial charge on any atom is 0.257 e. The third kappa shape index (κ3) is 2.57. The van der Waals surface area contributed by atoms with Gasteiger partial charge in [-0.05, 0) is 30.3 Å². The summed E-state index contributed by atoms with van der Waals surface area (Å²) in [6.45, 7) is 4.23. The van der Waals surface area contributed by atoms with Crippen molar-refractivity contribution >= 4 is 22.6 Å². The number of aryl methyl sites for hydroxylation is 1. The Morgan fingerprint density at radius 3 is 2.77 bits per heavy atom. The van der Waals surface area contributed by atoms with Crippen molar-refractivity contribution in [3.63, 3.8) is 0 Å². The minimum atomic E-state index is -0.174. The largest absolute Gasteiger partial charge is 0.331 e. The molecule has 1 N–H and O–H groups in total. The number of imidazole rings is 1. The summed E-state index contributed by atoms with van der Waals surface area (Å²) in [5.74, 6) is 1.21. The molecule has 5 heteroatoms. The van der Waals surface area contributed by atoms with Crippen LogP contribution in [0.5, 0.6) is 0 Å². The fraction of sp³-hybridized carbons (Fsp3) is 0.235. The molecule has 0 spiro atoms.